The molecule has 0 N–H and O–H groups in total. The maximum absolute atomic E-state index is 14.1. The second kappa shape index (κ2) is 7.88. The van der Waals surface area contributed by atoms with E-state index >= 15 is 0 Å². The van der Waals surface area contributed by atoms with Crippen molar-refractivity contribution in [3.05, 3.63) is 58.3 Å². The van der Waals surface area contributed by atoms with Gasteiger partial charge in [-0.1, -0.05) is 18.2 Å². The van der Waals surface area contributed by atoms with Crippen LogP contribution in [0.3, 0.4) is 0 Å². The third-order valence-electron chi connectivity index (χ3n) is 6.85. The van der Waals surface area contributed by atoms with Gasteiger partial charge in [-0.3, -0.25) is 9.10 Å². The Hall–Kier alpha value is -2.84. The molecule has 0 aliphatic carbocycles. The van der Waals surface area contributed by atoms with E-state index < -0.39 is 10.0 Å². The summed E-state index contributed by atoms with van der Waals surface area (Å²) < 4.78 is 41.3. The molecule has 1 aromatic heterocycles. The molecule has 2 aliphatic rings. The van der Waals surface area contributed by atoms with Crippen molar-refractivity contribution >= 4 is 32.6 Å². The molecule has 0 radical (unpaired) electrons. The second-order valence-corrected chi connectivity index (χ2v) is 10.7. The van der Waals surface area contributed by atoms with E-state index in [4.69, 9.17) is 9.15 Å². The smallest absolute Gasteiger partial charge is 0.290 e. The molecule has 1 fully saturated rings. The number of furan rings is 1. The number of aryl methyl sites for hydroxylation is 2. The van der Waals surface area contributed by atoms with Crippen molar-refractivity contribution in [1.29, 1.82) is 0 Å². The average Bonchev–Trinajstić information content (AvgIpc) is 3.30. The summed E-state index contributed by atoms with van der Waals surface area (Å²) in [4.78, 5) is 15.0. The number of para-hydroxylation sites is 1. The van der Waals surface area contributed by atoms with Crippen molar-refractivity contribution in [3.8, 4) is 0 Å². The molecule has 3 heterocycles. The van der Waals surface area contributed by atoms with Gasteiger partial charge in [-0.05, 0) is 62.9 Å². The van der Waals surface area contributed by atoms with Gasteiger partial charge >= 0.3 is 0 Å². The van der Waals surface area contributed by atoms with Crippen LogP contribution in [-0.4, -0.2) is 51.6 Å². The summed E-state index contributed by atoms with van der Waals surface area (Å²) in [7, 11) is -3.94. The summed E-state index contributed by atoms with van der Waals surface area (Å²) in [6.45, 7) is 9.37. The quantitative estimate of drug-likeness (QED) is 0.581. The van der Waals surface area contributed by atoms with Crippen molar-refractivity contribution in [3.63, 3.8) is 0 Å². The van der Waals surface area contributed by atoms with Crippen LogP contribution in [0.25, 0.3) is 11.0 Å². The van der Waals surface area contributed by atoms with Gasteiger partial charge in [0.05, 0.1) is 18.9 Å². The minimum atomic E-state index is -3.94. The zero-order valence-electron chi connectivity index (χ0n) is 19.3. The van der Waals surface area contributed by atoms with E-state index in [1.807, 2.05) is 51.1 Å². The number of amides is 1. The number of ether oxygens (including phenoxy) is 1. The summed E-state index contributed by atoms with van der Waals surface area (Å²) in [5.41, 5.74) is 4.11. The first-order chi connectivity index (χ1) is 15.7. The van der Waals surface area contributed by atoms with E-state index in [9.17, 15) is 13.2 Å². The van der Waals surface area contributed by atoms with E-state index in [1.54, 1.807) is 11.8 Å². The minimum Gasteiger partial charge on any atom is -0.449 e. The van der Waals surface area contributed by atoms with Crippen LogP contribution in [0.1, 0.15) is 39.7 Å². The molecule has 2 aromatic carbocycles. The van der Waals surface area contributed by atoms with Crippen LogP contribution in [0, 0.1) is 20.8 Å². The van der Waals surface area contributed by atoms with E-state index in [2.05, 4.69) is 0 Å². The number of benzene rings is 2. The molecule has 5 rings (SSSR count). The Kier molecular flexibility index (Phi) is 5.25. The maximum Gasteiger partial charge on any atom is 0.290 e. The fourth-order valence-corrected chi connectivity index (χ4v) is 7.09. The molecule has 174 valence electrons. The Balaban J connectivity index is 1.70. The summed E-state index contributed by atoms with van der Waals surface area (Å²) in [6.07, 6.45) is 0.654. The lowest BCUT2D eigenvalue weighted by Gasteiger charge is -2.26. The standard InChI is InChI=1S/C25H28N2O5S/c1-15-13-20-18(4)22(25(28)26-9-11-31-12-10-26)32-23(20)24(17(15)3)33(29,30)27-16(2)14-19-7-5-6-8-21(19)27/h5-8,13,16H,9-12,14H2,1-4H3. The van der Waals surface area contributed by atoms with Crippen LogP contribution in [0.5, 0.6) is 0 Å². The van der Waals surface area contributed by atoms with E-state index in [1.165, 1.54) is 4.31 Å². The van der Waals surface area contributed by atoms with Crippen LogP contribution in [0.2, 0.25) is 0 Å². The average molecular weight is 469 g/mol. The molecular weight excluding hydrogens is 440 g/mol. The lowest BCUT2D eigenvalue weighted by molar-refractivity contribution is 0.0283. The number of carbonyl (C=O) groups is 1. The van der Waals surface area contributed by atoms with Gasteiger partial charge < -0.3 is 14.1 Å². The highest BCUT2D eigenvalue weighted by atomic mass is 32.2. The molecule has 0 saturated carbocycles. The normalized spacial score (nSPS) is 18.7. The highest BCUT2D eigenvalue weighted by Gasteiger charge is 2.39. The third-order valence-corrected chi connectivity index (χ3v) is 8.93. The van der Waals surface area contributed by atoms with Gasteiger partial charge in [0.25, 0.3) is 15.9 Å². The third kappa shape index (κ3) is 3.35. The predicted octanol–water partition coefficient (Wildman–Crippen LogP) is 3.97. The molecule has 1 unspecified atom stereocenters. The summed E-state index contributed by atoms with van der Waals surface area (Å²) in [6, 6.07) is 9.30. The molecule has 7 nitrogen and oxygen atoms in total. The maximum atomic E-state index is 14.1. The zero-order chi connectivity index (χ0) is 23.5. The van der Waals surface area contributed by atoms with E-state index in [0.29, 0.717) is 54.9 Å². The summed E-state index contributed by atoms with van der Waals surface area (Å²) in [5.74, 6) is -0.0336. The number of rotatable bonds is 3. The SMILES string of the molecule is Cc1cc2c(C)c(C(=O)N3CCOCC3)oc2c(S(=O)(=O)N2c3ccccc3CC2C)c1C. The van der Waals surface area contributed by atoms with E-state index in [-0.39, 0.29) is 28.2 Å². The Bertz CT molecular complexity index is 1370. The number of hydrogen-bond acceptors (Lipinski definition) is 5. The van der Waals surface area contributed by atoms with Gasteiger partial charge in [0.1, 0.15) is 4.90 Å². The van der Waals surface area contributed by atoms with E-state index in [0.717, 1.165) is 11.1 Å². The number of sulfonamides is 1. The number of hydrogen-bond donors (Lipinski definition) is 0. The van der Waals surface area contributed by atoms with Crippen molar-refractivity contribution in [2.45, 2.75) is 45.1 Å². The highest BCUT2D eigenvalue weighted by molar-refractivity contribution is 7.93. The Morgan fingerprint density at radius 3 is 2.48 bits per heavy atom. The van der Waals surface area contributed by atoms with Crippen molar-refractivity contribution < 1.29 is 22.4 Å². The van der Waals surface area contributed by atoms with Crippen LogP contribution < -0.4 is 4.31 Å². The largest absolute Gasteiger partial charge is 0.449 e. The van der Waals surface area contributed by atoms with Gasteiger partial charge in [-0.15, -0.1) is 0 Å². The Morgan fingerprint density at radius 1 is 1.06 bits per heavy atom. The lowest BCUT2D eigenvalue weighted by atomic mass is 10.0. The Morgan fingerprint density at radius 2 is 1.76 bits per heavy atom. The predicted molar refractivity (Wildman–Crippen MR) is 126 cm³/mol. The van der Waals surface area contributed by atoms with Crippen molar-refractivity contribution in [2.24, 2.45) is 0 Å². The fraction of sp³-hybridized carbons (Fsp3) is 0.400. The second-order valence-electron chi connectivity index (χ2n) is 8.97. The molecule has 8 heteroatoms. The van der Waals surface area contributed by atoms with Gasteiger partial charge in [-0.25, -0.2) is 8.42 Å². The van der Waals surface area contributed by atoms with Crippen LogP contribution in [0.4, 0.5) is 5.69 Å². The minimum absolute atomic E-state index is 0.144. The van der Waals surface area contributed by atoms with Gasteiger partial charge in [-0.2, -0.15) is 0 Å². The molecule has 1 atom stereocenters. The first kappa shape index (κ1) is 22.0. The first-order valence-electron chi connectivity index (χ1n) is 11.2. The number of nitrogens with zero attached hydrogens (tertiary/aromatic N) is 2. The molecular formula is C25H28N2O5S. The number of anilines is 1. The zero-order valence-corrected chi connectivity index (χ0v) is 20.2. The summed E-state index contributed by atoms with van der Waals surface area (Å²) in [5, 5.41) is 0.661. The van der Waals surface area contributed by atoms with Crippen LogP contribution >= 0.6 is 0 Å². The summed E-state index contributed by atoms with van der Waals surface area (Å²) >= 11 is 0. The lowest BCUT2D eigenvalue weighted by Crippen LogP contribution is -2.40. The molecule has 2 aliphatic heterocycles. The molecule has 1 amide bonds. The number of fused-ring (bicyclic) bond motifs is 2. The molecule has 3 aromatic rings. The number of carbonyl (C=O) groups excluding carboxylic acids is 1. The van der Waals surface area contributed by atoms with Gasteiger partial charge in [0.15, 0.2) is 11.3 Å². The molecule has 33 heavy (non-hydrogen) atoms. The topological polar surface area (TPSA) is 80.1 Å². The molecule has 0 bridgehead atoms. The van der Waals surface area contributed by atoms with Crippen molar-refractivity contribution in [1.82, 2.24) is 4.90 Å². The van der Waals surface area contributed by atoms with Gasteiger partial charge in [0.2, 0.25) is 0 Å². The molecule has 0 spiro atoms. The number of morpholine rings is 1. The van der Waals surface area contributed by atoms with Crippen LogP contribution in [-0.2, 0) is 21.2 Å². The Labute approximate surface area is 194 Å². The molecule has 1 saturated heterocycles. The van der Waals surface area contributed by atoms with Crippen LogP contribution in [0.15, 0.2) is 39.6 Å². The highest BCUT2D eigenvalue weighted by Crippen LogP contribution is 2.41. The fourth-order valence-electron chi connectivity index (χ4n) is 4.97. The van der Waals surface area contributed by atoms with Gasteiger partial charge in [0, 0.05) is 30.1 Å². The van der Waals surface area contributed by atoms with Crippen molar-refractivity contribution in [2.75, 3.05) is 30.6 Å². The first-order valence-corrected chi connectivity index (χ1v) is 12.7. The monoisotopic (exact) mass is 468 g/mol.